The van der Waals surface area contributed by atoms with Crippen LogP contribution in [0.2, 0.25) is 0 Å². The Kier molecular flexibility index (Phi) is 8.71. The van der Waals surface area contributed by atoms with Crippen LogP contribution in [0.5, 0.6) is 0 Å². The number of carbonyl (C=O) groups excluding carboxylic acids is 1. The van der Waals surface area contributed by atoms with Crippen molar-refractivity contribution in [1.82, 2.24) is 28.5 Å². The second kappa shape index (κ2) is 11.5. The fourth-order valence-corrected chi connectivity index (χ4v) is 4.41. The number of aryl methyl sites for hydroxylation is 2. The molecule has 3 rings (SSSR count). The van der Waals surface area contributed by atoms with Crippen LogP contribution in [-0.2, 0) is 31.9 Å². The molecule has 184 valence electrons. The highest BCUT2D eigenvalue weighted by Gasteiger charge is 2.25. The zero-order valence-corrected chi connectivity index (χ0v) is 20.5. The maximum atomic E-state index is 13.0. The smallest absolute Gasteiger partial charge is 0.409 e. The first kappa shape index (κ1) is 25.0. The quantitative estimate of drug-likeness (QED) is 0.502. The third-order valence-corrected chi connectivity index (χ3v) is 6.43. The van der Waals surface area contributed by atoms with Crippen LogP contribution in [0.4, 0.5) is 4.79 Å². The lowest BCUT2D eigenvalue weighted by Crippen LogP contribution is -2.48. The van der Waals surface area contributed by atoms with E-state index in [1.807, 2.05) is 4.57 Å². The van der Waals surface area contributed by atoms with Crippen LogP contribution in [0.3, 0.4) is 0 Å². The number of rotatable bonds is 10. The van der Waals surface area contributed by atoms with Crippen molar-refractivity contribution in [2.75, 3.05) is 32.8 Å². The lowest BCUT2D eigenvalue weighted by Gasteiger charge is -2.33. The number of piperazine rings is 1. The van der Waals surface area contributed by atoms with Gasteiger partial charge in [-0.25, -0.2) is 14.6 Å². The van der Waals surface area contributed by atoms with Gasteiger partial charge in [0.05, 0.1) is 13.2 Å². The number of amides is 1. The van der Waals surface area contributed by atoms with E-state index in [-0.39, 0.29) is 17.3 Å². The molecule has 0 spiro atoms. The number of nitrogens with zero attached hydrogens (tertiary/aromatic N) is 6. The van der Waals surface area contributed by atoms with Gasteiger partial charge in [-0.2, -0.15) is 0 Å². The second-order valence-electron chi connectivity index (χ2n) is 8.79. The lowest BCUT2D eigenvalue weighted by atomic mass is 10.1. The molecule has 10 heteroatoms. The summed E-state index contributed by atoms with van der Waals surface area (Å²) in [5, 5.41) is 0. The molecule has 0 unspecified atom stereocenters. The van der Waals surface area contributed by atoms with Gasteiger partial charge in [0.1, 0.15) is 5.82 Å². The first-order valence-electron chi connectivity index (χ1n) is 12.2. The topological polar surface area (TPSA) is 94.6 Å². The first-order valence-corrected chi connectivity index (χ1v) is 12.2. The zero-order valence-electron chi connectivity index (χ0n) is 20.5. The summed E-state index contributed by atoms with van der Waals surface area (Å²) in [6.07, 6.45) is 6.67. The van der Waals surface area contributed by atoms with Crippen molar-refractivity contribution in [1.29, 1.82) is 0 Å². The number of unbranched alkanes of at least 4 members (excludes halogenated alkanes) is 5. The maximum absolute atomic E-state index is 13.0. The highest BCUT2D eigenvalue weighted by molar-refractivity contribution is 5.71. The molecule has 3 heterocycles. The molecule has 1 amide bonds. The SMILES string of the molecule is CCCCCCCCn1c(CN2CCN(C(=O)OCC)CC2)nc2c1c(=O)n(C)c(=O)n2C. The van der Waals surface area contributed by atoms with E-state index in [0.29, 0.717) is 57.0 Å². The molecule has 0 aliphatic carbocycles. The monoisotopic (exact) mass is 462 g/mol. The molecule has 1 fully saturated rings. The molecule has 2 aromatic rings. The summed E-state index contributed by atoms with van der Waals surface area (Å²) < 4.78 is 9.72. The minimum absolute atomic E-state index is 0.272. The predicted molar refractivity (Wildman–Crippen MR) is 127 cm³/mol. The average Bonchev–Trinajstić information content (AvgIpc) is 3.17. The highest BCUT2D eigenvalue weighted by Crippen LogP contribution is 2.17. The standard InChI is InChI=1S/C23H38N6O4/c1-5-7-8-9-10-11-12-29-18(17-27-13-15-28(16-14-27)23(32)33-6-2)24-20-19(29)21(30)26(4)22(31)25(20)3/h5-17H2,1-4H3. The van der Waals surface area contributed by atoms with Gasteiger partial charge in [0.25, 0.3) is 5.56 Å². The molecular formula is C23H38N6O4. The normalized spacial score (nSPS) is 14.8. The third-order valence-electron chi connectivity index (χ3n) is 6.43. The number of imidazole rings is 1. The molecule has 0 bridgehead atoms. The van der Waals surface area contributed by atoms with Crippen LogP contribution >= 0.6 is 0 Å². The van der Waals surface area contributed by atoms with E-state index < -0.39 is 0 Å². The lowest BCUT2D eigenvalue weighted by molar-refractivity contribution is 0.0769. The van der Waals surface area contributed by atoms with Crippen LogP contribution < -0.4 is 11.2 Å². The van der Waals surface area contributed by atoms with Gasteiger partial charge in [0, 0.05) is 46.8 Å². The maximum Gasteiger partial charge on any atom is 0.409 e. The van der Waals surface area contributed by atoms with E-state index in [2.05, 4.69) is 11.8 Å². The molecule has 1 saturated heterocycles. The molecule has 33 heavy (non-hydrogen) atoms. The zero-order chi connectivity index (χ0) is 24.0. The third kappa shape index (κ3) is 5.66. The second-order valence-corrected chi connectivity index (χ2v) is 8.79. The summed E-state index contributed by atoms with van der Waals surface area (Å²) in [5.41, 5.74) is 0.263. The molecule has 0 radical (unpaired) electrons. The van der Waals surface area contributed by atoms with Crippen LogP contribution in [0.15, 0.2) is 9.59 Å². The number of hydrogen-bond acceptors (Lipinski definition) is 6. The summed E-state index contributed by atoms with van der Waals surface area (Å²) in [5.74, 6) is 0.793. The van der Waals surface area contributed by atoms with E-state index in [0.717, 1.165) is 23.2 Å². The van der Waals surface area contributed by atoms with Crippen molar-refractivity contribution in [3.63, 3.8) is 0 Å². The van der Waals surface area contributed by atoms with Gasteiger partial charge >= 0.3 is 11.8 Å². The molecule has 1 aliphatic heterocycles. The van der Waals surface area contributed by atoms with Gasteiger partial charge in [-0.15, -0.1) is 0 Å². The molecule has 0 atom stereocenters. The number of carbonyl (C=O) groups is 1. The van der Waals surface area contributed by atoms with Gasteiger partial charge in [0.15, 0.2) is 11.2 Å². The van der Waals surface area contributed by atoms with E-state index in [9.17, 15) is 14.4 Å². The minimum Gasteiger partial charge on any atom is -0.450 e. The fourth-order valence-electron chi connectivity index (χ4n) is 4.41. The Balaban J connectivity index is 1.81. The van der Waals surface area contributed by atoms with E-state index in [4.69, 9.17) is 9.72 Å². The van der Waals surface area contributed by atoms with Crippen molar-refractivity contribution in [2.24, 2.45) is 14.1 Å². The number of fused-ring (bicyclic) bond motifs is 1. The van der Waals surface area contributed by atoms with Gasteiger partial charge in [-0.1, -0.05) is 39.0 Å². The van der Waals surface area contributed by atoms with Gasteiger partial charge < -0.3 is 14.2 Å². The van der Waals surface area contributed by atoms with Gasteiger partial charge in [0.2, 0.25) is 0 Å². The van der Waals surface area contributed by atoms with Crippen molar-refractivity contribution in [3.8, 4) is 0 Å². The van der Waals surface area contributed by atoms with Crippen LogP contribution in [0.1, 0.15) is 58.2 Å². The molecule has 10 nitrogen and oxygen atoms in total. The Morgan fingerprint density at radius 2 is 1.61 bits per heavy atom. The van der Waals surface area contributed by atoms with Gasteiger partial charge in [-0.3, -0.25) is 18.8 Å². The van der Waals surface area contributed by atoms with E-state index in [1.165, 1.54) is 37.3 Å². The Morgan fingerprint density at radius 1 is 0.939 bits per heavy atom. The Morgan fingerprint density at radius 3 is 2.27 bits per heavy atom. The molecular weight excluding hydrogens is 424 g/mol. The van der Waals surface area contributed by atoms with Crippen molar-refractivity contribution in [3.05, 3.63) is 26.7 Å². The Bertz CT molecular complexity index is 1060. The van der Waals surface area contributed by atoms with Crippen molar-refractivity contribution in [2.45, 2.75) is 65.5 Å². The molecule has 0 saturated carbocycles. The van der Waals surface area contributed by atoms with Crippen LogP contribution in [0.25, 0.3) is 11.2 Å². The summed E-state index contributed by atoms with van der Waals surface area (Å²) in [6, 6.07) is 0. The van der Waals surface area contributed by atoms with Crippen molar-refractivity contribution < 1.29 is 9.53 Å². The number of hydrogen-bond donors (Lipinski definition) is 0. The van der Waals surface area contributed by atoms with Gasteiger partial charge in [-0.05, 0) is 13.3 Å². The van der Waals surface area contributed by atoms with E-state index in [1.54, 1.807) is 18.9 Å². The number of aromatic nitrogens is 4. The number of ether oxygens (including phenoxy) is 1. The fraction of sp³-hybridized carbons (Fsp3) is 0.739. The summed E-state index contributed by atoms with van der Waals surface area (Å²) in [7, 11) is 3.18. The molecule has 2 aromatic heterocycles. The summed E-state index contributed by atoms with van der Waals surface area (Å²) in [4.78, 5) is 46.1. The molecule has 1 aliphatic rings. The molecule has 0 N–H and O–H groups in total. The van der Waals surface area contributed by atoms with E-state index >= 15 is 0 Å². The largest absolute Gasteiger partial charge is 0.450 e. The van der Waals surface area contributed by atoms with Crippen LogP contribution in [-0.4, -0.2) is 67.4 Å². The summed E-state index contributed by atoms with van der Waals surface area (Å²) >= 11 is 0. The minimum atomic E-state index is -0.369. The predicted octanol–water partition coefficient (Wildman–Crippen LogP) is 2.07. The average molecular weight is 463 g/mol. The van der Waals surface area contributed by atoms with Crippen molar-refractivity contribution >= 4 is 17.3 Å². The van der Waals surface area contributed by atoms with Crippen LogP contribution in [0, 0.1) is 0 Å². The molecule has 0 aromatic carbocycles. The highest BCUT2D eigenvalue weighted by atomic mass is 16.6. The first-order chi connectivity index (χ1) is 15.9. The Labute approximate surface area is 194 Å². The Hall–Kier alpha value is -2.62. The summed E-state index contributed by atoms with van der Waals surface area (Å²) in [6.45, 7) is 8.25.